The van der Waals surface area contributed by atoms with E-state index in [1.807, 2.05) is 32.2 Å². The topological polar surface area (TPSA) is 102 Å². The smallest absolute Gasteiger partial charge is 0.407 e. The van der Waals surface area contributed by atoms with Crippen LogP contribution in [0.15, 0.2) is 48.7 Å². The fraction of sp³-hybridized carbons (Fsp3) is 0.360. The summed E-state index contributed by atoms with van der Waals surface area (Å²) in [5.74, 6) is -1.78. The number of aromatic nitrogens is 5. The third-order valence-electron chi connectivity index (χ3n) is 6.25. The van der Waals surface area contributed by atoms with Gasteiger partial charge in [-0.25, -0.2) is 27.5 Å². The number of ether oxygens (including phenoxy) is 1. The molecule has 0 radical (unpaired) electrons. The number of hydrogen-bond acceptors (Lipinski definition) is 7. The number of carbonyl (C=O) groups is 1. The molecular formula is C25H27F3N8O2. The van der Waals surface area contributed by atoms with Crippen molar-refractivity contribution in [3.63, 3.8) is 0 Å². The number of benzene rings is 1. The number of likely N-dealkylation sites (tertiary alicyclic amines) is 1. The molecule has 0 aliphatic carbocycles. The number of alkyl halides is 2. The van der Waals surface area contributed by atoms with Crippen LogP contribution in [0, 0.1) is 12.7 Å². The number of hydrogen-bond donors (Lipinski definition) is 2. The number of nitrogens with zero attached hydrogens (tertiary/aromatic N) is 6. The van der Waals surface area contributed by atoms with E-state index >= 15 is 0 Å². The second-order valence-electron chi connectivity index (χ2n) is 9.26. The molecule has 1 amide bonds. The summed E-state index contributed by atoms with van der Waals surface area (Å²) in [7, 11) is 1.83. The number of nitrogens with one attached hydrogen (secondary N) is 2. The van der Waals surface area contributed by atoms with Gasteiger partial charge in [0, 0.05) is 31.5 Å². The highest BCUT2D eigenvalue weighted by Crippen LogP contribution is 2.27. The van der Waals surface area contributed by atoms with Crippen molar-refractivity contribution in [1.82, 2.24) is 34.6 Å². The van der Waals surface area contributed by atoms with E-state index in [2.05, 4.69) is 25.8 Å². The standard InChI is InChI=1S/C25H27F3N8O2/c1-16-13-20(32-34(16)2)29-22-19-5-3-11-36(19)33-23(31-22)21(17-6-8-18(26)9-7-17)30-24(37)38-12-4-10-35-14-25(27,28)15-35/h3,5-9,11,13,21H,4,10,12,14-15H2,1-2H3,(H,30,37)(H,29,31,32,33). The number of fused-ring (bicyclic) bond motifs is 1. The Morgan fingerprint density at radius 2 is 1.95 bits per heavy atom. The van der Waals surface area contributed by atoms with E-state index in [0.29, 0.717) is 35.7 Å². The minimum absolute atomic E-state index is 0.0490. The summed E-state index contributed by atoms with van der Waals surface area (Å²) in [5, 5.41) is 14.9. The van der Waals surface area contributed by atoms with Crippen LogP contribution in [0.4, 0.5) is 29.6 Å². The van der Waals surface area contributed by atoms with Crippen molar-refractivity contribution >= 4 is 23.2 Å². The maximum absolute atomic E-state index is 13.7. The lowest BCUT2D eigenvalue weighted by molar-refractivity contribution is -0.131. The SMILES string of the molecule is Cc1cc(Nc2nc(C(NC(=O)OCCCN3CC(F)(F)C3)c3ccc(F)cc3)nn3cccc23)nn1C. The Kier molecular flexibility index (Phi) is 6.93. The number of halogens is 3. The third-order valence-corrected chi connectivity index (χ3v) is 6.25. The monoisotopic (exact) mass is 528 g/mol. The molecule has 0 saturated carbocycles. The van der Waals surface area contributed by atoms with Gasteiger partial charge in [-0.2, -0.15) is 5.10 Å². The molecule has 4 aromatic rings. The van der Waals surface area contributed by atoms with E-state index in [9.17, 15) is 18.0 Å². The zero-order valence-electron chi connectivity index (χ0n) is 20.9. The highest BCUT2D eigenvalue weighted by atomic mass is 19.3. The highest BCUT2D eigenvalue weighted by Gasteiger charge is 2.43. The van der Waals surface area contributed by atoms with Crippen molar-refractivity contribution in [2.24, 2.45) is 7.05 Å². The van der Waals surface area contributed by atoms with Crippen LogP contribution in [0.3, 0.4) is 0 Å². The largest absolute Gasteiger partial charge is 0.449 e. The predicted octanol–water partition coefficient (Wildman–Crippen LogP) is 3.81. The molecule has 1 saturated heterocycles. The van der Waals surface area contributed by atoms with E-state index in [-0.39, 0.29) is 25.5 Å². The van der Waals surface area contributed by atoms with Gasteiger partial charge in [-0.05, 0) is 43.2 Å². The molecule has 1 aliphatic heterocycles. The fourth-order valence-corrected chi connectivity index (χ4v) is 4.24. The molecular weight excluding hydrogens is 501 g/mol. The Hall–Kier alpha value is -4.13. The van der Waals surface area contributed by atoms with Gasteiger partial charge in [-0.3, -0.25) is 9.58 Å². The Balaban J connectivity index is 1.35. The second kappa shape index (κ2) is 10.3. The summed E-state index contributed by atoms with van der Waals surface area (Å²) in [5.41, 5.74) is 2.18. The molecule has 1 fully saturated rings. The molecule has 1 aliphatic rings. The summed E-state index contributed by atoms with van der Waals surface area (Å²) < 4.78 is 48.3. The molecule has 0 bridgehead atoms. The van der Waals surface area contributed by atoms with Crippen molar-refractivity contribution < 1.29 is 22.7 Å². The van der Waals surface area contributed by atoms with E-state index in [4.69, 9.17) is 4.74 Å². The van der Waals surface area contributed by atoms with Crippen LogP contribution < -0.4 is 10.6 Å². The summed E-state index contributed by atoms with van der Waals surface area (Å²) in [6, 6.07) is 10.3. The van der Waals surface area contributed by atoms with Gasteiger partial charge in [0.1, 0.15) is 17.4 Å². The van der Waals surface area contributed by atoms with Crippen LogP contribution in [0.2, 0.25) is 0 Å². The molecule has 200 valence electrons. The maximum Gasteiger partial charge on any atom is 0.407 e. The van der Waals surface area contributed by atoms with Crippen molar-refractivity contribution in [1.29, 1.82) is 0 Å². The summed E-state index contributed by atoms with van der Waals surface area (Å²) in [6.45, 7) is 1.82. The molecule has 1 unspecified atom stereocenters. The normalized spacial score (nSPS) is 15.7. The van der Waals surface area contributed by atoms with Crippen LogP contribution in [0.5, 0.6) is 0 Å². The van der Waals surface area contributed by atoms with Gasteiger partial charge >= 0.3 is 6.09 Å². The number of alkyl carbamates (subject to hydrolysis) is 1. The summed E-state index contributed by atoms with van der Waals surface area (Å²) in [4.78, 5) is 19.0. The van der Waals surface area contributed by atoms with Crippen LogP contribution in [-0.2, 0) is 11.8 Å². The second-order valence-corrected chi connectivity index (χ2v) is 9.26. The number of amides is 1. The van der Waals surface area contributed by atoms with Crippen molar-refractivity contribution in [2.45, 2.75) is 25.3 Å². The highest BCUT2D eigenvalue weighted by molar-refractivity contribution is 5.72. The minimum atomic E-state index is -2.63. The van der Waals surface area contributed by atoms with Crippen LogP contribution in [-0.4, -0.2) is 67.5 Å². The average molecular weight is 529 g/mol. The van der Waals surface area contributed by atoms with Gasteiger partial charge in [0.2, 0.25) is 0 Å². The first-order valence-corrected chi connectivity index (χ1v) is 12.1. The van der Waals surface area contributed by atoms with Gasteiger partial charge in [0.15, 0.2) is 17.5 Å². The predicted molar refractivity (Wildman–Crippen MR) is 133 cm³/mol. The third kappa shape index (κ3) is 5.72. The number of carbonyl (C=O) groups excluding carboxylic acids is 1. The lowest BCUT2D eigenvalue weighted by Crippen LogP contribution is -2.56. The molecule has 1 atom stereocenters. The molecule has 3 aromatic heterocycles. The lowest BCUT2D eigenvalue weighted by atomic mass is 10.1. The van der Waals surface area contributed by atoms with Crippen LogP contribution in [0.1, 0.15) is 29.5 Å². The zero-order chi connectivity index (χ0) is 26.9. The van der Waals surface area contributed by atoms with E-state index in [1.54, 1.807) is 20.3 Å². The molecule has 10 nitrogen and oxygen atoms in total. The Labute approximate surface area is 216 Å². The Bertz CT molecular complexity index is 1410. The molecule has 0 spiro atoms. The van der Waals surface area contributed by atoms with Gasteiger partial charge in [-0.15, -0.1) is 5.10 Å². The van der Waals surface area contributed by atoms with Gasteiger partial charge < -0.3 is 15.4 Å². The Morgan fingerprint density at radius 1 is 1.18 bits per heavy atom. The molecule has 4 heterocycles. The maximum atomic E-state index is 13.7. The van der Waals surface area contributed by atoms with Crippen molar-refractivity contribution in [2.75, 3.05) is 31.6 Å². The fourth-order valence-electron chi connectivity index (χ4n) is 4.24. The minimum Gasteiger partial charge on any atom is -0.449 e. The first-order valence-electron chi connectivity index (χ1n) is 12.1. The number of rotatable bonds is 9. The van der Waals surface area contributed by atoms with Gasteiger partial charge in [-0.1, -0.05) is 12.1 Å². The van der Waals surface area contributed by atoms with Crippen molar-refractivity contribution in [3.05, 3.63) is 71.6 Å². The summed E-state index contributed by atoms with van der Waals surface area (Å²) >= 11 is 0. The average Bonchev–Trinajstić information content (AvgIpc) is 3.45. The first kappa shape index (κ1) is 25.5. The van der Waals surface area contributed by atoms with Crippen LogP contribution >= 0.6 is 0 Å². The molecule has 13 heteroatoms. The summed E-state index contributed by atoms with van der Waals surface area (Å²) in [6.07, 6.45) is 1.42. The van der Waals surface area contributed by atoms with Gasteiger partial charge in [0.25, 0.3) is 5.92 Å². The molecule has 2 N–H and O–H groups in total. The Morgan fingerprint density at radius 3 is 2.63 bits per heavy atom. The van der Waals surface area contributed by atoms with E-state index in [0.717, 1.165) is 5.69 Å². The number of aryl methyl sites for hydroxylation is 2. The van der Waals surface area contributed by atoms with E-state index < -0.39 is 23.9 Å². The van der Waals surface area contributed by atoms with Gasteiger partial charge in [0.05, 0.1) is 19.7 Å². The van der Waals surface area contributed by atoms with Crippen LogP contribution in [0.25, 0.3) is 5.52 Å². The lowest BCUT2D eigenvalue weighted by Gasteiger charge is -2.38. The molecule has 5 rings (SSSR count). The first-order chi connectivity index (χ1) is 18.2. The molecule has 38 heavy (non-hydrogen) atoms. The van der Waals surface area contributed by atoms with E-state index in [1.165, 1.54) is 24.3 Å². The van der Waals surface area contributed by atoms with Crippen molar-refractivity contribution in [3.8, 4) is 0 Å². The zero-order valence-corrected chi connectivity index (χ0v) is 20.9. The quantitative estimate of drug-likeness (QED) is 0.319. The number of anilines is 2. The molecule has 1 aromatic carbocycles.